The van der Waals surface area contributed by atoms with Gasteiger partial charge in [0.25, 0.3) is 0 Å². The molecule has 0 fully saturated rings. The van der Waals surface area contributed by atoms with Crippen LogP contribution in [0.25, 0.3) is 0 Å². The minimum Gasteiger partial charge on any atom is -0.349 e. The molecule has 124 valence electrons. The summed E-state index contributed by atoms with van der Waals surface area (Å²) < 4.78 is 26.3. The van der Waals surface area contributed by atoms with Crippen LogP contribution in [0.1, 0.15) is 36.4 Å². The van der Waals surface area contributed by atoms with Crippen LogP contribution >= 0.6 is 0 Å². The van der Waals surface area contributed by atoms with E-state index >= 15 is 0 Å². The van der Waals surface area contributed by atoms with Crippen molar-refractivity contribution in [2.45, 2.75) is 25.3 Å². The molecule has 1 heterocycles. The highest BCUT2D eigenvalue weighted by molar-refractivity contribution is 6.01. The molecule has 0 spiro atoms. The van der Waals surface area contributed by atoms with Gasteiger partial charge in [-0.3, -0.25) is 9.59 Å². The number of anilines is 1. The maximum Gasteiger partial charge on any atom is 0.228 e. The predicted octanol–water partition coefficient (Wildman–Crippen LogP) is 3.27. The van der Waals surface area contributed by atoms with Crippen LogP contribution in [-0.2, 0) is 9.59 Å². The van der Waals surface area contributed by atoms with Gasteiger partial charge in [0.15, 0.2) is 0 Å². The van der Waals surface area contributed by atoms with Crippen LogP contribution < -0.4 is 10.6 Å². The first-order valence-electron chi connectivity index (χ1n) is 7.59. The molecule has 4 nitrogen and oxygen atoms in total. The Labute approximate surface area is 137 Å². The van der Waals surface area contributed by atoms with Crippen molar-refractivity contribution in [3.8, 4) is 0 Å². The molecule has 24 heavy (non-hydrogen) atoms. The number of rotatable bonds is 3. The summed E-state index contributed by atoms with van der Waals surface area (Å²) in [6, 6.07) is 9.47. The van der Waals surface area contributed by atoms with Crippen molar-refractivity contribution < 1.29 is 18.4 Å². The standard InChI is InChI=1S/C18H16F2N2O2/c1-10(11-2-4-12(19)5-3-11)21-18(24)15-9-17(23)22-16-8-13(20)6-7-14(15)16/h2-8,10,15H,9H2,1H3,(H,21,24)(H,22,23)/t10-,15-/m0/s1. The van der Waals surface area contributed by atoms with Gasteiger partial charge in [0.2, 0.25) is 11.8 Å². The second-order valence-electron chi connectivity index (χ2n) is 5.82. The first-order chi connectivity index (χ1) is 11.4. The van der Waals surface area contributed by atoms with Gasteiger partial charge in [0.05, 0.1) is 12.0 Å². The smallest absolute Gasteiger partial charge is 0.228 e. The summed E-state index contributed by atoms with van der Waals surface area (Å²) >= 11 is 0. The zero-order chi connectivity index (χ0) is 17.3. The molecule has 6 heteroatoms. The fraction of sp³-hybridized carbons (Fsp3) is 0.222. The van der Waals surface area contributed by atoms with Gasteiger partial charge >= 0.3 is 0 Å². The molecule has 2 atom stereocenters. The van der Waals surface area contributed by atoms with Crippen LogP contribution in [0.2, 0.25) is 0 Å². The van der Waals surface area contributed by atoms with E-state index in [0.717, 1.165) is 5.56 Å². The number of amides is 2. The van der Waals surface area contributed by atoms with Crippen molar-refractivity contribution in [2.75, 3.05) is 5.32 Å². The van der Waals surface area contributed by atoms with Crippen molar-refractivity contribution in [3.05, 3.63) is 65.2 Å². The zero-order valence-corrected chi connectivity index (χ0v) is 13.0. The first-order valence-corrected chi connectivity index (χ1v) is 7.59. The van der Waals surface area contributed by atoms with E-state index in [9.17, 15) is 18.4 Å². The lowest BCUT2D eigenvalue weighted by molar-refractivity contribution is -0.126. The van der Waals surface area contributed by atoms with Crippen LogP contribution in [0.15, 0.2) is 42.5 Å². The molecular weight excluding hydrogens is 314 g/mol. The number of benzene rings is 2. The summed E-state index contributed by atoms with van der Waals surface area (Å²) in [5, 5.41) is 5.40. The summed E-state index contributed by atoms with van der Waals surface area (Å²) in [5.74, 6) is -2.17. The van der Waals surface area contributed by atoms with Gasteiger partial charge in [-0.25, -0.2) is 8.78 Å². The van der Waals surface area contributed by atoms with Crippen molar-refractivity contribution in [3.63, 3.8) is 0 Å². The van der Waals surface area contributed by atoms with E-state index in [1.54, 1.807) is 19.1 Å². The Balaban J connectivity index is 1.80. The highest BCUT2D eigenvalue weighted by atomic mass is 19.1. The number of halogens is 2. The summed E-state index contributed by atoms with van der Waals surface area (Å²) in [6.07, 6.45) is 0.000599. The zero-order valence-electron chi connectivity index (χ0n) is 13.0. The topological polar surface area (TPSA) is 58.2 Å². The summed E-state index contributed by atoms with van der Waals surface area (Å²) in [7, 11) is 0. The van der Waals surface area contributed by atoms with Gasteiger partial charge in [-0.2, -0.15) is 0 Å². The van der Waals surface area contributed by atoms with E-state index in [1.165, 1.54) is 30.3 Å². The Kier molecular flexibility index (Phi) is 4.29. The molecule has 0 saturated carbocycles. The van der Waals surface area contributed by atoms with Crippen LogP contribution in [0, 0.1) is 11.6 Å². The first kappa shape index (κ1) is 16.1. The van der Waals surface area contributed by atoms with Crippen molar-refractivity contribution in [2.24, 2.45) is 0 Å². The Bertz CT molecular complexity index is 790. The average Bonchev–Trinajstić information content (AvgIpc) is 2.54. The van der Waals surface area contributed by atoms with E-state index in [-0.39, 0.29) is 30.1 Å². The Morgan fingerprint density at radius 3 is 2.54 bits per heavy atom. The van der Waals surface area contributed by atoms with E-state index in [1.807, 2.05) is 0 Å². The van der Waals surface area contributed by atoms with Gasteiger partial charge < -0.3 is 10.6 Å². The number of hydrogen-bond donors (Lipinski definition) is 2. The molecule has 1 aliphatic rings. The fourth-order valence-electron chi connectivity index (χ4n) is 2.82. The number of carbonyl (C=O) groups excluding carboxylic acids is 2. The Morgan fingerprint density at radius 2 is 1.83 bits per heavy atom. The van der Waals surface area contributed by atoms with Gasteiger partial charge in [-0.1, -0.05) is 18.2 Å². The normalized spacial score (nSPS) is 17.6. The lowest BCUT2D eigenvalue weighted by Crippen LogP contribution is -2.36. The van der Waals surface area contributed by atoms with E-state index in [4.69, 9.17) is 0 Å². The molecule has 3 rings (SSSR count). The molecule has 0 unspecified atom stereocenters. The maximum atomic E-state index is 13.3. The van der Waals surface area contributed by atoms with Gasteiger partial charge in [-0.15, -0.1) is 0 Å². The molecule has 2 aromatic carbocycles. The highest BCUT2D eigenvalue weighted by Crippen LogP contribution is 2.33. The van der Waals surface area contributed by atoms with Gasteiger partial charge in [0, 0.05) is 12.1 Å². The van der Waals surface area contributed by atoms with Crippen LogP contribution in [0.4, 0.5) is 14.5 Å². The lowest BCUT2D eigenvalue weighted by Gasteiger charge is -2.26. The summed E-state index contributed by atoms with van der Waals surface area (Å²) in [5.41, 5.74) is 1.66. The van der Waals surface area contributed by atoms with E-state index in [2.05, 4.69) is 10.6 Å². The second-order valence-corrected chi connectivity index (χ2v) is 5.82. The molecule has 0 bridgehead atoms. The van der Waals surface area contributed by atoms with E-state index in [0.29, 0.717) is 11.3 Å². The molecule has 2 N–H and O–H groups in total. The number of fused-ring (bicyclic) bond motifs is 1. The fourth-order valence-corrected chi connectivity index (χ4v) is 2.82. The molecule has 0 aromatic heterocycles. The third-order valence-electron chi connectivity index (χ3n) is 4.10. The third kappa shape index (κ3) is 3.27. The molecule has 0 aliphatic carbocycles. The van der Waals surface area contributed by atoms with Crippen molar-refractivity contribution in [1.29, 1.82) is 0 Å². The molecule has 0 saturated heterocycles. The predicted molar refractivity (Wildman–Crippen MR) is 85.3 cm³/mol. The van der Waals surface area contributed by atoms with Gasteiger partial charge in [-0.05, 0) is 42.3 Å². The van der Waals surface area contributed by atoms with E-state index < -0.39 is 11.7 Å². The molecular formula is C18H16F2N2O2. The monoisotopic (exact) mass is 330 g/mol. The van der Waals surface area contributed by atoms with Gasteiger partial charge in [0.1, 0.15) is 11.6 Å². The SMILES string of the molecule is C[C@H](NC(=O)[C@H]1CC(=O)Nc2cc(F)ccc21)c1ccc(F)cc1. The van der Waals surface area contributed by atoms with Crippen LogP contribution in [-0.4, -0.2) is 11.8 Å². The molecule has 2 aromatic rings. The number of hydrogen-bond acceptors (Lipinski definition) is 2. The van der Waals surface area contributed by atoms with Crippen LogP contribution in [0.3, 0.4) is 0 Å². The lowest BCUT2D eigenvalue weighted by atomic mass is 9.89. The Morgan fingerprint density at radius 1 is 1.17 bits per heavy atom. The molecule has 2 amide bonds. The third-order valence-corrected chi connectivity index (χ3v) is 4.10. The van der Waals surface area contributed by atoms with Crippen molar-refractivity contribution >= 4 is 17.5 Å². The second kappa shape index (κ2) is 6.39. The largest absolute Gasteiger partial charge is 0.349 e. The van der Waals surface area contributed by atoms with Crippen molar-refractivity contribution in [1.82, 2.24) is 5.32 Å². The summed E-state index contributed by atoms with van der Waals surface area (Å²) in [6.45, 7) is 1.78. The van der Waals surface area contributed by atoms with Crippen LogP contribution in [0.5, 0.6) is 0 Å². The average molecular weight is 330 g/mol. The Hall–Kier alpha value is -2.76. The molecule has 0 radical (unpaired) electrons. The summed E-state index contributed by atoms with van der Waals surface area (Å²) in [4.78, 5) is 24.4. The quantitative estimate of drug-likeness (QED) is 0.907. The highest BCUT2D eigenvalue weighted by Gasteiger charge is 2.31. The minimum atomic E-state index is -0.683. The minimum absolute atomic E-state index is 0.000599. The number of carbonyl (C=O) groups is 2. The number of nitrogens with one attached hydrogen (secondary N) is 2. The molecule has 1 aliphatic heterocycles. The maximum absolute atomic E-state index is 13.3.